The van der Waals surface area contributed by atoms with Crippen molar-refractivity contribution in [2.24, 2.45) is 0 Å². The lowest BCUT2D eigenvalue weighted by Gasteiger charge is -2.28. The summed E-state index contributed by atoms with van der Waals surface area (Å²) < 4.78 is 5.30. The zero-order chi connectivity index (χ0) is 15.0. The first kappa shape index (κ1) is 16.9. The summed E-state index contributed by atoms with van der Waals surface area (Å²) >= 11 is 0. The van der Waals surface area contributed by atoms with Crippen LogP contribution in [-0.4, -0.2) is 41.9 Å². The van der Waals surface area contributed by atoms with Crippen LogP contribution in [0.1, 0.15) is 25.0 Å². The van der Waals surface area contributed by atoms with Gasteiger partial charge < -0.3 is 9.84 Å². The second kappa shape index (κ2) is 8.90. The van der Waals surface area contributed by atoms with Gasteiger partial charge >= 0.3 is 0 Å². The zero-order valence-electron chi connectivity index (χ0n) is 12.9. The molecular formula is C17H27NO2. The minimum Gasteiger partial charge on any atom is -0.389 e. The number of hydrogen-bond acceptors (Lipinski definition) is 3. The van der Waals surface area contributed by atoms with Crippen molar-refractivity contribution in [1.82, 2.24) is 4.90 Å². The van der Waals surface area contributed by atoms with Crippen molar-refractivity contribution in [2.45, 2.75) is 39.5 Å². The molecular weight excluding hydrogens is 250 g/mol. The lowest BCUT2D eigenvalue weighted by atomic mass is 10.1. The fourth-order valence-electron chi connectivity index (χ4n) is 2.11. The monoisotopic (exact) mass is 277 g/mol. The number of aliphatic hydroxyl groups is 1. The zero-order valence-corrected chi connectivity index (χ0v) is 12.9. The number of benzene rings is 1. The van der Waals surface area contributed by atoms with Crippen LogP contribution in [0.3, 0.4) is 0 Å². The largest absolute Gasteiger partial charge is 0.389 e. The quantitative estimate of drug-likeness (QED) is 0.556. The Labute approximate surface area is 122 Å². The molecule has 0 aromatic heterocycles. The molecule has 0 saturated heterocycles. The Morgan fingerprint density at radius 1 is 1.40 bits per heavy atom. The van der Waals surface area contributed by atoms with E-state index in [1.54, 1.807) is 6.08 Å². The van der Waals surface area contributed by atoms with E-state index >= 15 is 0 Å². The summed E-state index contributed by atoms with van der Waals surface area (Å²) in [7, 11) is 0. The summed E-state index contributed by atoms with van der Waals surface area (Å²) in [4.78, 5) is 2.26. The van der Waals surface area contributed by atoms with E-state index in [-0.39, 0.29) is 0 Å². The maximum Gasteiger partial charge on any atom is 0.0900 e. The highest BCUT2D eigenvalue weighted by Gasteiger charge is 2.15. The smallest absolute Gasteiger partial charge is 0.0900 e. The fourth-order valence-corrected chi connectivity index (χ4v) is 2.11. The van der Waals surface area contributed by atoms with Gasteiger partial charge in [0.05, 0.1) is 19.3 Å². The number of aryl methyl sites for hydroxylation is 1. The third-order valence-corrected chi connectivity index (χ3v) is 3.19. The Morgan fingerprint density at radius 3 is 2.75 bits per heavy atom. The highest BCUT2D eigenvalue weighted by Crippen LogP contribution is 2.11. The van der Waals surface area contributed by atoms with Crippen LogP contribution in [0, 0.1) is 6.92 Å². The molecule has 0 aliphatic rings. The molecule has 1 N–H and O–H groups in total. The standard InChI is InChI=1S/C17H27NO2/c1-5-9-20-13-17(19)12-18(14(2)3)11-16-8-6-7-15(4)10-16/h5-8,10,14,17,19H,1,9,11-13H2,2-4H3/t17-/m0/s1. The van der Waals surface area contributed by atoms with E-state index in [0.29, 0.717) is 25.8 Å². The van der Waals surface area contributed by atoms with E-state index in [4.69, 9.17) is 4.74 Å². The molecule has 1 aromatic rings. The van der Waals surface area contributed by atoms with E-state index in [2.05, 4.69) is 56.5 Å². The van der Waals surface area contributed by atoms with Crippen molar-refractivity contribution in [2.75, 3.05) is 19.8 Å². The topological polar surface area (TPSA) is 32.7 Å². The van der Waals surface area contributed by atoms with Gasteiger partial charge in [0.15, 0.2) is 0 Å². The SMILES string of the molecule is C=CCOC[C@@H](O)CN(Cc1cccc(C)c1)C(C)C. The summed E-state index contributed by atoms with van der Waals surface area (Å²) in [5, 5.41) is 10.0. The van der Waals surface area contributed by atoms with Gasteiger partial charge in [0.1, 0.15) is 0 Å². The normalized spacial score (nSPS) is 12.9. The lowest BCUT2D eigenvalue weighted by molar-refractivity contribution is 0.0178. The predicted molar refractivity (Wildman–Crippen MR) is 83.7 cm³/mol. The second-order valence-electron chi connectivity index (χ2n) is 5.49. The third-order valence-electron chi connectivity index (χ3n) is 3.19. The van der Waals surface area contributed by atoms with Crippen molar-refractivity contribution < 1.29 is 9.84 Å². The number of ether oxygens (including phenoxy) is 1. The lowest BCUT2D eigenvalue weighted by Crippen LogP contribution is -2.38. The molecule has 0 radical (unpaired) electrons. The molecule has 0 aliphatic heterocycles. The van der Waals surface area contributed by atoms with Gasteiger partial charge in [-0.2, -0.15) is 0 Å². The predicted octanol–water partition coefficient (Wildman–Crippen LogP) is 2.77. The maximum atomic E-state index is 10.0. The summed E-state index contributed by atoms with van der Waals surface area (Å²) in [6, 6.07) is 8.87. The minimum atomic E-state index is -0.470. The molecule has 0 heterocycles. The number of nitrogens with zero attached hydrogens (tertiary/aromatic N) is 1. The molecule has 0 fully saturated rings. The summed E-state index contributed by atoms with van der Waals surface area (Å²) in [5.41, 5.74) is 2.54. The van der Waals surface area contributed by atoms with Gasteiger partial charge in [0.25, 0.3) is 0 Å². The molecule has 0 spiro atoms. The molecule has 1 aromatic carbocycles. The van der Waals surface area contributed by atoms with Gasteiger partial charge in [-0.1, -0.05) is 35.9 Å². The van der Waals surface area contributed by atoms with Gasteiger partial charge in [0, 0.05) is 19.1 Å². The number of aliphatic hydroxyl groups excluding tert-OH is 1. The highest BCUT2D eigenvalue weighted by atomic mass is 16.5. The fraction of sp³-hybridized carbons (Fsp3) is 0.529. The molecule has 0 unspecified atom stereocenters. The molecule has 3 heteroatoms. The van der Waals surface area contributed by atoms with Crippen molar-refractivity contribution in [3.8, 4) is 0 Å². The van der Waals surface area contributed by atoms with Crippen LogP contribution in [0.2, 0.25) is 0 Å². The average molecular weight is 277 g/mol. The second-order valence-corrected chi connectivity index (χ2v) is 5.49. The van der Waals surface area contributed by atoms with E-state index in [1.807, 2.05) is 0 Å². The van der Waals surface area contributed by atoms with Gasteiger partial charge in [-0.25, -0.2) is 0 Å². The highest BCUT2D eigenvalue weighted by molar-refractivity contribution is 5.22. The van der Waals surface area contributed by atoms with Crippen LogP contribution in [0.15, 0.2) is 36.9 Å². The van der Waals surface area contributed by atoms with Crippen LogP contribution in [0.25, 0.3) is 0 Å². The van der Waals surface area contributed by atoms with Crippen LogP contribution in [0.4, 0.5) is 0 Å². The van der Waals surface area contributed by atoms with E-state index in [9.17, 15) is 5.11 Å². The Morgan fingerprint density at radius 2 is 2.15 bits per heavy atom. The molecule has 1 rings (SSSR count). The number of hydrogen-bond donors (Lipinski definition) is 1. The van der Waals surface area contributed by atoms with Crippen molar-refractivity contribution in [3.63, 3.8) is 0 Å². The minimum absolute atomic E-state index is 0.350. The Hall–Kier alpha value is -1.16. The summed E-state index contributed by atoms with van der Waals surface area (Å²) in [6.45, 7) is 12.3. The molecule has 112 valence electrons. The average Bonchev–Trinajstić information content (AvgIpc) is 2.38. The molecule has 1 atom stereocenters. The van der Waals surface area contributed by atoms with Crippen LogP contribution in [-0.2, 0) is 11.3 Å². The molecule has 0 amide bonds. The number of rotatable bonds is 9. The Balaban J connectivity index is 2.54. The third kappa shape index (κ3) is 6.33. The first-order valence-electron chi connectivity index (χ1n) is 7.19. The van der Waals surface area contributed by atoms with Crippen molar-refractivity contribution >= 4 is 0 Å². The Bertz CT molecular complexity index is 404. The Kier molecular flexibility index (Phi) is 7.52. The van der Waals surface area contributed by atoms with E-state index in [1.165, 1.54) is 11.1 Å². The van der Waals surface area contributed by atoms with Crippen molar-refractivity contribution in [1.29, 1.82) is 0 Å². The molecule has 3 nitrogen and oxygen atoms in total. The summed E-state index contributed by atoms with van der Waals surface area (Å²) in [5.74, 6) is 0. The molecule has 0 bridgehead atoms. The molecule has 0 saturated carbocycles. The van der Waals surface area contributed by atoms with E-state index < -0.39 is 6.10 Å². The maximum absolute atomic E-state index is 10.0. The molecule has 0 aliphatic carbocycles. The van der Waals surface area contributed by atoms with Crippen LogP contribution in [0.5, 0.6) is 0 Å². The van der Waals surface area contributed by atoms with Gasteiger partial charge in [0.2, 0.25) is 0 Å². The van der Waals surface area contributed by atoms with Crippen LogP contribution < -0.4 is 0 Å². The van der Waals surface area contributed by atoms with Crippen LogP contribution >= 0.6 is 0 Å². The molecule has 20 heavy (non-hydrogen) atoms. The first-order valence-corrected chi connectivity index (χ1v) is 7.19. The first-order chi connectivity index (χ1) is 9.52. The van der Waals surface area contributed by atoms with Gasteiger partial charge in [-0.15, -0.1) is 6.58 Å². The van der Waals surface area contributed by atoms with E-state index in [0.717, 1.165) is 6.54 Å². The summed E-state index contributed by atoms with van der Waals surface area (Å²) in [6.07, 6.45) is 1.22. The van der Waals surface area contributed by atoms with Gasteiger partial charge in [-0.3, -0.25) is 4.90 Å². The van der Waals surface area contributed by atoms with Gasteiger partial charge in [-0.05, 0) is 26.3 Å². The van der Waals surface area contributed by atoms with Crippen molar-refractivity contribution in [3.05, 3.63) is 48.0 Å².